The molecule has 0 spiro atoms. The maximum atomic E-state index is 11.4. The number of hydrogen-bond donors (Lipinski definition) is 1. The fraction of sp³-hybridized carbons (Fsp3) is 1.00. The van der Waals surface area contributed by atoms with Gasteiger partial charge in [0.2, 0.25) is 10.0 Å². The Kier molecular flexibility index (Phi) is 3.70. The number of hydrogen-bond acceptors (Lipinski definition) is 3. The van der Waals surface area contributed by atoms with E-state index in [2.05, 4.69) is 5.32 Å². The van der Waals surface area contributed by atoms with Crippen LogP contribution in [-0.4, -0.2) is 44.7 Å². The third-order valence-corrected chi connectivity index (χ3v) is 3.64. The molecule has 0 aromatic carbocycles. The first-order valence-electron chi connectivity index (χ1n) is 4.73. The van der Waals surface area contributed by atoms with Crippen molar-refractivity contribution >= 4 is 10.0 Å². The molecule has 1 N–H and O–H groups in total. The van der Waals surface area contributed by atoms with Gasteiger partial charge in [-0.3, -0.25) is 0 Å². The zero-order valence-electron chi connectivity index (χ0n) is 8.28. The predicted octanol–water partition coefficient (Wildman–Crippen LogP) is 0.0199. The Morgan fingerprint density at radius 3 is 2.62 bits per heavy atom. The lowest BCUT2D eigenvalue weighted by atomic mass is 10.2. The maximum absolute atomic E-state index is 11.4. The molecule has 78 valence electrons. The molecule has 1 atom stereocenters. The molecular formula is C8H18N2O2S. The maximum Gasteiger partial charge on any atom is 0.211 e. The summed E-state index contributed by atoms with van der Waals surface area (Å²) in [5.74, 6) is 0. The van der Waals surface area contributed by atoms with Crippen molar-refractivity contribution in [2.45, 2.75) is 25.8 Å². The lowest BCUT2D eigenvalue weighted by Crippen LogP contribution is -2.41. The van der Waals surface area contributed by atoms with Crippen molar-refractivity contribution < 1.29 is 8.42 Å². The van der Waals surface area contributed by atoms with Crippen molar-refractivity contribution in [1.29, 1.82) is 0 Å². The molecule has 13 heavy (non-hydrogen) atoms. The van der Waals surface area contributed by atoms with E-state index in [1.165, 1.54) is 6.26 Å². The molecule has 1 unspecified atom stereocenters. The molecule has 1 heterocycles. The summed E-state index contributed by atoms with van der Waals surface area (Å²) in [6.45, 7) is 4.37. The highest BCUT2D eigenvalue weighted by Gasteiger charge is 2.27. The number of rotatable bonds is 4. The fourth-order valence-electron chi connectivity index (χ4n) is 1.72. The Morgan fingerprint density at radius 1 is 1.54 bits per heavy atom. The van der Waals surface area contributed by atoms with E-state index in [9.17, 15) is 8.42 Å². The first-order valence-corrected chi connectivity index (χ1v) is 6.58. The number of nitrogens with one attached hydrogen (secondary N) is 1. The average Bonchev–Trinajstić information content (AvgIpc) is 2.49. The molecular weight excluding hydrogens is 188 g/mol. The van der Waals surface area contributed by atoms with Gasteiger partial charge in [-0.25, -0.2) is 8.42 Å². The molecule has 0 aromatic rings. The van der Waals surface area contributed by atoms with Gasteiger partial charge in [0.1, 0.15) is 0 Å². The molecule has 1 fully saturated rings. The van der Waals surface area contributed by atoms with Gasteiger partial charge in [-0.05, 0) is 19.4 Å². The highest BCUT2D eigenvalue weighted by atomic mass is 32.2. The van der Waals surface area contributed by atoms with Crippen molar-refractivity contribution in [2.75, 3.05) is 25.9 Å². The van der Waals surface area contributed by atoms with Crippen molar-refractivity contribution in [3.8, 4) is 0 Å². The quantitative estimate of drug-likeness (QED) is 0.705. The van der Waals surface area contributed by atoms with Gasteiger partial charge in [0.25, 0.3) is 0 Å². The second-order valence-electron chi connectivity index (χ2n) is 3.52. The molecule has 1 aliphatic heterocycles. The second kappa shape index (κ2) is 4.39. The van der Waals surface area contributed by atoms with Crippen LogP contribution in [0.1, 0.15) is 19.8 Å². The lowest BCUT2D eigenvalue weighted by molar-refractivity contribution is 0.337. The Labute approximate surface area is 80.4 Å². The molecule has 0 radical (unpaired) electrons. The number of nitrogens with zero attached hydrogens (tertiary/aromatic N) is 1. The van der Waals surface area contributed by atoms with Gasteiger partial charge in [0.05, 0.1) is 6.26 Å². The van der Waals surface area contributed by atoms with Crippen LogP contribution in [0.2, 0.25) is 0 Å². The summed E-state index contributed by atoms with van der Waals surface area (Å²) >= 11 is 0. The summed E-state index contributed by atoms with van der Waals surface area (Å²) in [5, 5.41) is 3.18. The molecule has 4 nitrogen and oxygen atoms in total. The molecule has 1 rings (SSSR count). The highest BCUT2D eigenvalue weighted by Crippen LogP contribution is 2.12. The summed E-state index contributed by atoms with van der Waals surface area (Å²) in [6.07, 6.45) is 3.11. The Balaban J connectivity index is 2.66. The molecule has 0 amide bonds. The molecule has 5 heteroatoms. The summed E-state index contributed by atoms with van der Waals surface area (Å²) < 4.78 is 24.4. The number of sulfonamides is 1. The molecule has 0 saturated carbocycles. The fourth-order valence-corrected chi connectivity index (χ4v) is 2.96. The highest BCUT2D eigenvalue weighted by molar-refractivity contribution is 7.88. The normalized spacial score (nSPS) is 24.1. The van der Waals surface area contributed by atoms with Crippen LogP contribution in [-0.2, 0) is 10.0 Å². The summed E-state index contributed by atoms with van der Waals surface area (Å²) in [6, 6.07) is 0.176. The van der Waals surface area contributed by atoms with E-state index < -0.39 is 10.0 Å². The van der Waals surface area contributed by atoms with Crippen LogP contribution in [0.3, 0.4) is 0 Å². The minimum absolute atomic E-state index is 0.176. The first-order chi connectivity index (χ1) is 6.05. The Morgan fingerprint density at radius 2 is 2.23 bits per heavy atom. The van der Waals surface area contributed by atoms with Crippen LogP contribution >= 0.6 is 0 Å². The van der Waals surface area contributed by atoms with E-state index in [-0.39, 0.29) is 6.04 Å². The molecule has 1 aliphatic rings. The third kappa shape index (κ3) is 2.93. The monoisotopic (exact) mass is 206 g/mol. The van der Waals surface area contributed by atoms with E-state index in [4.69, 9.17) is 0 Å². The SMILES string of the molecule is CCCN(C1CCNC1)S(C)(=O)=O. The van der Waals surface area contributed by atoms with Crippen LogP contribution in [0.5, 0.6) is 0 Å². The smallest absolute Gasteiger partial charge is 0.211 e. The van der Waals surface area contributed by atoms with E-state index in [0.717, 1.165) is 25.9 Å². The Bertz CT molecular complexity index is 245. The largest absolute Gasteiger partial charge is 0.315 e. The van der Waals surface area contributed by atoms with Gasteiger partial charge < -0.3 is 5.32 Å². The van der Waals surface area contributed by atoms with Gasteiger partial charge in [-0.15, -0.1) is 0 Å². The van der Waals surface area contributed by atoms with E-state index in [1.54, 1.807) is 4.31 Å². The van der Waals surface area contributed by atoms with Crippen molar-refractivity contribution in [2.24, 2.45) is 0 Å². The molecule has 0 aliphatic carbocycles. The molecule has 1 saturated heterocycles. The van der Waals surface area contributed by atoms with E-state index in [1.807, 2.05) is 6.92 Å². The van der Waals surface area contributed by atoms with Crippen LogP contribution < -0.4 is 5.32 Å². The van der Waals surface area contributed by atoms with Crippen molar-refractivity contribution in [1.82, 2.24) is 9.62 Å². The first kappa shape index (κ1) is 10.9. The summed E-state index contributed by atoms with van der Waals surface area (Å²) in [4.78, 5) is 0. The van der Waals surface area contributed by atoms with Gasteiger partial charge >= 0.3 is 0 Å². The zero-order valence-corrected chi connectivity index (χ0v) is 9.10. The minimum atomic E-state index is -3.02. The van der Waals surface area contributed by atoms with Crippen LogP contribution in [0.25, 0.3) is 0 Å². The van der Waals surface area contributed by atoms with Crippen molar-refractivity contribution in [3.63, 3.8) is 0 Å². The van der Waals surface area contributed by atoms with Crippen LogP contribution in [0.15, 0.2) is 0 Å². The van der Waals surface area contributed by atoms with Crippen LogP contribution in [0, 0.1) is 0 Å². The van der Waals surface area contributed by atoms with Gasteiger partial charge in [-0.2, -0.15) is 4.31 Å². The zero-order chi connectivity index (χ0) is 9.90. The Hall–Kier alpha value is -0.130. The lowest BCUT2D eigenvalue weighted by Gasteiger charge is -2.25. The van der Waals surface area contributed by atoms with Gasteiger partial charge in [0, 0.05) is 19.1 Å². The third-order valence-electron chi connectivity index (χ3n) is 2.31. The van der Waals surface area contributed by atoms with Crippen LogP contribution in [0.4, 0.5) is 0 Å². The predicted molar refractivity (Wildman–Crippen MR) is 53.1 cm³/mol. The van der Waals surface area contributed by atoms with E-state index >= 15 is 0 Å². The molecule has 0 bridgehead atoms. The minimum Gasteiger partial charge on any atom is -0.315 e. The standard InChI is InChI=1S/C8H18N2O2S/c1-3-6-10(13(2,11)12)8-4-5-9-7-8/h8-9H,3-7H2,1-2H3. The van der Waals surface area contributed by atoms with Gasteiger partial charge in [-0.1, -0.05) is 6.92 Å². The van der Waals surface area contributed by atoms with Gasteiger partial charge in [0.15, 0.2) is 0 Å². The summed E-state index contributed by atoms with van der Waals surface area (Å²) in [5.41, 5.74) is 0. The topological polar surface area (TPSA) is 49.4 Å². The molecule has 0 aromatic heterocycles. The second-order valence-corrected chi connectivity index (χ2v) is 5.46. The van der Waals surface area contributed by atoms with Crippen molar-refractivity contribution in [3.05, 3.63) is 0 Å². The average molecular weight is 206 g/mol. The summed E-state index contributed by atoms with van der Waals surface area (Å²) in [7, 11) is -3.02. The van der Waals surface area contributed by atoms with E-state index in [0.29, 0.717) is 6.54 Å².